The van der Waals surface area contributed by atoms with Gasteiger partial charge in [0.15, 0.2) is 0 Å². The molecule has 3 aromatic carbocycles. The molecule has 0 aliphatic heterocycles. The zero-order chi connectivity index (χ0) is 24.3. The third-order valence-corrected chi connectivity index (χ3v) is 7.69. The van der Waals surface area contributed by atoms with Gasteiger partial charge in [-0.25, -0.2) is 8.42 Å². The summed E-state index contributed by atoms with van der Waals surface area (Å²) in [5.41, 5.74) is 6.25. The number of fused-ring (bicyclic) bond motifs is 3. The number of nitrogens with one attached hydrogen (secondary N) is 2. The van der Waals surface area contributed by atoms with Gasteiger partial charge in [0.2, 0.25) is 15.9 Å². The minimum Gasteiger partial charge on any atom is -0.464 e. The molecule has 0 atom stereocenters. The molecule has 4 rings (SSSR count). The van der Waals surface area contributed by atoms with Crippen LogP contribution in [0.4, 0.5) is 0 Å². The van der Waals surface area contributed by atoms with Crippen LogP contribution in [0.5, 0.6) is 0 Å². The van der Waals surface area contributed by atoms with E-state index in [0.717, 1.165) is 16.2 Å². The molecule has 8 nitrogen and oxygen atoms in total. The van der Waals surface area contributed by atoms with Crippen molar-refractivity contribution >= 4 is 43.6 Å². The molecule has 0 bridgehead atoms. The minimum absolute atomic E-state index is 0.00231. The second-order valence-electron chi connectivity index (χ2n) is 7.72. The van der Waals surface area contributed by atoms with Crippen molar-refractivity contribution in [3.63, 3.8) is 0 Å². The molecule has 0 fully saturated rings. The van der Waals surface area contributed by atoms with Crippen LogP contribution in [0.1, 0.15) is 29.8 Å². The van der Waals surface area contributed by atoms with Crippen LogP contribution in [0.25, 0.3) is 21.7 Å². The molecule has 0 spiro atoms. The molecule has 1 heterocycles. The van der Waals surface area contributed by atoms with Crippen LogP contribution in [-0.4, -0.2) is 37.6 Å². The molecular formula is C25H25N3O5S. The molecule has 0 radical (unpaired) electrons. The van der Waals surface area contributed by atoms with Crippen molar-refractivity contribution in [3.05, 3.63) is 78.1 Å². The van der Waals surface area contributed by atoms with Gasteiger partial charge in [0.25, 0.3) is 5.91 Å². The fourth-order valence-electron chi connectivity index (χ4n) is 3.93. The molecule has 0 aliphatic carbocycles. The maximum absolute atomic E-state index is 12.7. The summed E-state index contributed by atoms with van der Waals surface area (Å²) < 4.78 is 32.4. The van der Waals surface area contributed by atoms with Crippen molar-refractivity contribution in [1.82, 2.24) is 15.2 Å². The number of benzene rings is 3. The first-order chi connectivity index (χ1) is 16.3. The Morgan fingerprint density at radius 2 is 1.71 bits per heavy atom. The Hall–Kier alpha value is -3.69. The SMILES string of the molecule is CCN(CC)S(=O)(=O)c1cccc(C(=O)NNC(=O)Cc2coc3ccc4ccccc4c23)c1. The van der Waals surface area contributed by atoms with Crippen molar-refractivity contribution in [3.8, 4) is 0 Å². The summed E-state index contributed by atoms with van der Waals surface area (Å²) in [7, 11) is -3.71. The first-order valence-electron chi connectivity index (χ1n) is 10.9. The van der Waals surface area contributed by atoms with E-state index in [1.807, 2.05) is 36.4 Å². The number of carbonyl (C=O) groups is 2. The lowest BCUT2D eigenvalue weighted by atomic mass is 10.0. The molecule has 9 heteroatoms. The van der Waals surface area contributed by atoms with Gasteiger partial charge < -0.3 is 4.42 Å². The molecule has 0 aliphatic rings. The third kappa shape index (κ3) is 4.52. The van der Waals surface area contributed by atoms with E-state index in [1.54, 1.807) is 20.1 Å². The van der Waals surface area contributed by atoms with Crippen LogP contribution in [0, 0.1) is 0 Å². The second-order valence-corrected chi connectivity index (χ2v) is 9.65. The molecule has 1 aromatic heterocycles. The largest absolute Gasteiger partial charge is 0.464 e. The van der Waals surface area contributed by atoms with Gasteiger partial charge in [-0.15, -0.1) is 0 Å². The van der Waals surface area contributed by atoms with E-state index in [4.69, 9.17) is 4.42 Å². The quantitative estimate of drug-likeness (QED) is 0.394. The molecule has 0 saturated heterocycles. The van der Waals surface area contributed by atoms with Crippen molar-refractivity contribution < 1.29 is 22.4 Å². The lowest BCUT2D eigenvalue weighted by Crippen LogP contribution is -2.42. The second kappa shape index (κ2) is 9.66. The summed E-state index contributed by atoms with van der Waals surface area (Å²) >= 11 is 0. The summed E-state index contributed by atoms with van der Waals surface area (Å²) in [6.45, 7) is 4.14. The number of hydrogen-bond acceptors (Lipinski definition) is 5. The Balaban J connectivity index is 1.46. The van der Waals surface area contributed by atoms with Crippen LogP contribution in [0.15, 0.2) is 76.2 Å². The van der Waals surface area contributed by atoms with Crippen LogP contribution < -0.4 is 10.9 Å². The van der Waals surface area contributed by atoms with Crippen LogP contribution >= 0.6 is 0 Å². The normalized spacial score (nSPS) is 11.7. The average Bonchev–Trinajstić information content (AvgIpc) is 3.26. The minimum atomic E-state index is -3.71. The van der Waals surface area contributed by atoms with Crippen molar-refractivity contribution in [2.45, 2.75) is 25.2 Å². The molecule has 0 saturated carbocycles. The first-order valence-corrected chi connectivity index (χ1v) is 12.4. The number of amides is 2. The summed E-state index contributed by atoms with van der Waals surface area (Å²) in [5, 5.41) is 2.87. The van der Waals surface area contributed by atoms with Crippen molar-refractivity contribution in [1.29, 1.82) is 0 Å². The highest BCUT2D eigenvalue weighted by Gasteiger charge is 2.22. The highest BCUT2D eigenvalue weighted by atomic mass is 32.2. The number of rotatable bonds is 7. The number of sulfonamides is 1. The van der Waals surface area contributed by atoms with Gasteiger partial charge in [-0.1, -0.05) is 50.2 Å². The maximum atomic E-state index is 12.7. The average molecular weight is 480 g/mol. The topological polar surface area (TPSA) is 109 Å². The van der Waals surface area contributed by atoms with E-state index in [-0.39, 0.29) is 16.9 Å². The van der Waals surface area contributed by atoms with E-state index in [2.05, 4.69) is 10.9 Å². The fraction of sp³-hybridized carbons (Fsp3) is 0.200. The molecule has 34 heavy (non-hydrogen) atoms. The summed E-state index contributed by atoms with van der Waals surface area (Å²) in [6, 6.07) is 17.4. The Morgan fingerprint density at radius 1 is 0.941 bits per heavy atom. The summed E-state index contributed by atoms with van der Waals surface area (Å²) in [6.07, 6.45) is 1.54. The van der Waals surface area contributed by atoms with Crippen molar-refractivity contribution in [2.75, 3.05) is 13.1 Å². The van der Waals surface area contributed by atoms with Gasteiger partial charge in [0, 0.05) is 29.6 Å². The Labute approximate surface area is 197 Å². The maximum Gasteiger partial charge on any atom is 0.269 e. The van der Waals surface area contributed by atoms with Gasteiger partial charge in [-0.3, -0.25) is 20.4 Å². The van der Waals surface area contributed by atoms with Gasteiger partial charge in [0.1, 0.15) is 5.58 Å². The number of carbonyl (C=O) groups excluding carboxylic acids is 2. The third-order valence-electron chi connectivity index (χ3n) is 5.65. The zero-order valence-electron chi connectivity index (χ0n) is 18.9. The molecule has 2 N–H and O–H groups in total. The number of hydrazine groups is 1. The number of hydrogen-bond donors (Lipinski definition) is 2. The van der Waals surface area contributed by atoms with Gasteiger partial charge in [-0.2, -0.15) is 4.31 Å². The van der Waals surface area contributed by atoms with E-state index in [9.17, 15) is 18.0 Å². The highest BCUT2D eigenvalue weighted by Crippen LogP contribution is 2.30. The van der Waals surface area contributed by atoms with Gasteiger partial charge >= 0.3 is 0 Å². The predicted molar refractivity (Wildman–Crippen MR) is 130 cm³/mol. The predicted octanol–water partition coefficient (Wildman–Crippen LogP) is 3.62. The Kier molecular flexibility index (Phi) is 6.67. The smallest absolute Gasteiger partial charge is 0.269 e. The standard InChI is InChI=1S/C25H25N3O5S/c1-3-28(4-2)34(31,32)20-10-7-9-18(14-20)25(30)27-26-23(29)15-19-16-33-22-13-12-17-8-5-6-11-21(17)24(19)22/h5-14,16H,3-4,15H2,1-2H3,(H,26,29)(H,27,30). The van der Waals surface area contributed by atoms with E-state index in [0.29, 0.717) is 24.2 Å². The van der Waals surface area contributed by atoms with Crippen LogP contribution in [0.3, 0.4) is 0 Å². The van der Waals surface area contributed by atoms with E-state index in [1.165, 1.54) is 28.6 Å². The monoisotopic (exact) mass is 479 g/mol. The lowest BCUT2D eigenvalue weighted by Gasteiger charge is -2.18. The molecule has 176 valence electrons. The van der Waals surface area contributed by atoms with Gasteiger partial charge in [-0.05, 0) is 35.0 Å². The zero-order valence-corrected chi connectivity index (χ0v) is 19.7. The number of furan rings is 1. The van der Waals surface area contributed by atoms with Gasteiger partial charge in [0.05, 0.1) is 17.6 Å². The number of nitrogens with zero attached hydrogens (tertiary/aromatic N) is 1. The van der Waals surface area contributed by atoms with Crippen LogP contribution in [-0.2, 0) is 21.2 Å². The molecule has 4 aromatic rings. The first kappa shape index (κ1) is 23.5. The highest BCUT2D eigenvalue weighted by molar-refractivity contribution is 7.89. The molecule has 2 amide bonds. The Morgan fingerprint density at radius 3 is 2.47 bits per heavy atom. The summed E-state index contributed by atoms with van der Waals surface area (Å²) in [5.74, 6) is -1.05. The molecular weight excluding hydrogens is 454 g/mol. The van der Waals surface area contributed by atoms with Crippen molar-refractivity contribution in [2.24, 2.45) is 0 Å². The summed E-state index contributed by atoms with van der Waals surface area (Å²) in [4.78, 5) is 25.1. The Bertz CT molecular complexity index is 1470. The van der Waals surface area contributed by atoms with Crippen LogP contribution in [0.2, 0.25) is 0 Å². The fourth-order valence-corrected chi connectivity index (χ4v) is 5.44. The van der Waals surface area contributed by atoms with E-state index < -0.39 is 21.8 Å². The molecule has 0 unspecified atom stereocenters. The van der Waals surface area contributed by atoms with E-state index >= 15 is 0 Å². The lowest BCUT2D eigenvalue weighted by molar-refractivity contribution is -0.121.